The first-order chi connectivity index (χ1) is 10.1. The monoisotopic (exact) mass is 322 g/mol. The van der Waals surface area contributed by atoms with Gasteiger partial charge in [-0.25, -0.2) is 0 Å². The van der Waals surface area contributed by atoms with E-state index >= 15 is 0 Å². The van der Waals surface area contributed by atoms with Gasteiger partial charge in [0, 0.05) is 22.1 Å². The van der Waals surface area contributed by atoms with E-state index in [1.165, 1.54) is 4.88 Å². The van der Waals surface area contributed by atoms with Crippen molar-refractivity contribution >= 4 is 34.5 Å². The van der Waals surface area contributed by atoms with Gasteiger partial charge >= 0.3 is 0 Å². The van der Waals surface area contributed by atoms with Gasteiger partial charge in [-0.15, -0.1) is 11.3 Å². The van der Waals surface area contributed by atoms with Crippen LogP contribution in [-0.4, -0.2) is 23.4 Å². The molecule has 1 atom stereocenters. The summed E-state index contributed by atoms with van der Waals surface area (Å²) in [7, 11) is 0. The molecule has 1 unspecified atom stereocenters. The fourth-order valence-electron chi connectivity index (χ4n) is 2.07. The van der Waals surface area contributed by atoms with Crippen LogP contribution in [0.4, 0.5) is 5.69 Å². The number of amides is 1. The number of carbonyl (C=O) groups excluding carboxylic acids is 1. The van der Waals surface area contributed by atoms with Crippen LogP contribution in [-0.2, 0) is 11.3 Å². The number of hydrogen-bond acceptors (Lipinski definition) is 3. The van der Waals surface area contributed by atoms with Crippen molar-refractivity contribution in [2.45, 2.75) is 26.4 Å². The Balaban J connectivity index is 1.97. The van der Waals surface area contributed by atoms with Crippen LogP contribution in [0.25, 0.3) is 0 Å². The van der Waals surface area contributed by atoms with Crippen molar-refractivity contribution in [1.29, 1.82) is 0 Å². The van der Waals surface area contributed by atoms with Crippen molar-refractivity contribution in [1.82, 2.24) is 4.90 Å². The summed E-state index contributed by atoms with van der Waals surface area (Å²) >= 11 is 7.56. The Morgan fingerprint density at radius 1 is 1.33 bits per heavy atom. The molecule has 0 aliphatic carbocycles. The minimum absolute atomic E-state index is 0.00396. The number of carbonyl (C=O) groups is 1. The molecule has 0 radical (unpaired) electrons. The van der Waals surface area contributed by atoms with Gasteiger partial charge in [0.2, 0.25) is 5.91 Å². The SMILES string of the molecule is CCN(Cc1cccs1)C(C)C(=O)Nc1ccc(Cl)cc1. The second kappa shape index (κ2) is 7.59. The molecule has 1 heterocycles. The minimum atomic E-state index is -0.187. The third-order valence-corrected chi connectivity index (χ3v) is 4.50. The Morgan fingerprint density at radius 2 is 2.05 bits per heavy atom. The Kier molecular flexibility index (Phi) is 5.79. The van der Waals surface area contributed by atoms with E-state index in [1.54, 1.807) is 23.5 Å². The fraction of sp³-hybridized carbons (Fsp3) is 0.312. The molecule has 0 aliphatic rings. The lowest BCUT2D eigenvalue weighted by Crippen LogP contribution is -2.41. The molecule has 1 aromatic carbocycles. The van der Waals surface area contributed by atoms with E-state index in [-0.39, 0.29) is 11.9 Å². The molecule has 2 aromatic rings. The molecule has 0 saturated carbocycles. The second-order valence-corrected chi connectivity index (χ2v) is 6.28. The number of hydrogen-bond donors (Lipinski definition) is 1. The Hall–Kier alpha value is -1.36. The molecular weight excluding hydrogens is 304 g/mol. The van der Waals surface area contributed by atoms with Gasteiger partial charge in [-0.2, -0.15) is 0 Å². The number of rotatable bonds is 6. The first kappa shape index (κ1) is 16.0. The van der Waals surface area contributed by atoms with E-state index in [0.29, 0.717) is 5.02 Å². The largest absolute Gasteiger partial charge is 0.325 e. The van der Waals surface area contributed by atoms with Gasteiger partial charge < -0.3 is 5.32 Å². The highest BCUT2D eigenvalue weighted by atomic mass is 35.5. The predicted molar refractivity (Wildman–Crippen MR) is 89.9 cm³/mol. The van der Waals surface area contributed by atoms with Crippen LogP contribution >= 0.6 is 22.9 Å². The van der Waals surface area contributed by atoms with Crippen molar-refractivity contribution in [3.8, 4) is 0 Å². The lowest BCUT2D eigenvalue weighted by atomic mass is 10.2. The van der Waals surface area contributed by atoms with Gasteiger partial charge in [-0.05, 0) is 49.2 Å². The minimum Gasteiger partial charge on any atom is -0.325 e. The van der Waals surface area contributed by atoms with Crippen LogP contribution in [0, 0.1) is 0 Å². The Morgan fingerprint density at radius 3 is 2.62 bits per heavy atom. The maximum Gasteiger partial charge on any atom is 0.241 e. The van der Waals surface area contributed by atoms with Gasteiger partial charge in [-0.3, -0.25) is 9.69 Å². The molecule has 1 aromatic heterocycles. The van der Waals surface area contributed by atoms with E-state index in [0.717, 1.165) is 18.8 Å². The molecule has 21 heavy (non-hydrogen) atoms. The highest BCUT2D eigenvalue weighted by Gasteiger charge is 2.20. The number of thiophene rings is 1. The zero-order valence-corrected chi connectivity index (χ0v) is 13.7. The lowest BCUT2D eigenvalue weighted by molar-refractivity contribution is -0.120. The molecule has 112 valence electrons. The first-order valence-corrected chi connectivity index (χ1v) is 8.18. The van der Waals surface area contributed by atoms with Gasteiger partial charge in [0.05, 0.1) is 6.04 Å². The maximum atomic E-state index is 12.3. The van der Waals surface area contributed by atoms with Crippen molar-refractivity contribution < 1.29 is 4.79 Å². The molecule has 1 N–H and O–H groups in total. The van der Waals surface area contributed by atoms with Crippen molar-refractivity contribution in [2.75, 3.05) is 11.9 Å². The van der Waals surface area contributed by atoms with Crippen LogP contribution in [0.3, 0.4) is 0 Å². The van der Waals surface area contributed by atoms with E-state index < -0.39 is 0 Å². The summed E-state index contributed by atoms with van der Waals surface area (Å²) in [6.45, 7) is 5.62. The van der Waals surface area contributed by atoms with Crippen LogP contribution in [0.1, 0.15) is 18.7 Å². The van der Waals surface area contributed by atoms with Gasteiger partial charge in [-0.1, -0.05) is 24.6 Å². The van der Waals surface area contributed by atoms with Crippen LogP contribution in [0.15, 0.2) is 41.8 Å². The smallest absolute Gasteiger partial charge is 0.241 e. The molecule has 0 aliphatic heterocycles. The van der Waals surface area contributed by atoms with Crippen LogP contribution in [0.2, 0.25) is 5.02 Å². The van der Waals surface area contributed by atoms with Crippen LogP contribution in [0.5, 0.6) is 0 Å². The predicted octanol–water partition coefficient (Wildman–Crippen LogP) is 4.25. The average molecular weight is 323 g/mol. The summed E-state index contributed by atoms with van der Waals surface area (Å²) in [5.41, 5.74) is 0.767. The quantitative estimate of drug-likeness (QED) is 0.862. The second-order valence-electron chi connectivity index (χ2n) is 4.81. The summed E-state index contributed by atoms with van der Waals surface area (Å²) in [5, 5.41) is 5.65. The molecule has 0 saturated heterocycles. The summed E-state index contributed by atoms with van der Waals surface area (Å²) in [4.78, 5) is 15.8. The van der Waals surface area contributed by atoms with Crippen LogP contribution < -0.4 is 5.32 Å². The first-order valence-electron chi connectivity index (χ1n) is 6.93. The number of nitrogens with one attached hydrogen (secondary N) is 1. The summed E-state index contributed by atoms with van der Waals surface area (Å²) in [5.74, 6) is -0.00396. The molecular formula is C16H19ClN2OS. The number of halogens is 1. The van der Waals surface area contributed by atoms with E-state index in [2.05, 4.69) is 28.6 Å². The zero-order chi connectivity index (χ0) is 15.2. The number of likely N-dealkylation sites (N-methyl/N-ethyl adjacent to an activating group) is 1. The topological polar surface area (TPSA) is 32.3 Å². The summed E-state index contributed by atoms with van der Waals surface area (Å²) in [6.07, 6.45) is 0. The molecule has 0 bridgehead atoms. The average Bonchev–Trinajstić information content (AvgIpc) is 2.99. The molecule has 3 nitrogen and oxygen atoms in total. The molecule has 0 fully saturated rings. The van der Waals surface area contributed by atoms with Gasteiger partial charge in [0.15, 0.2) is 0 Å². The van der Waals surface area contributed by atoms with Crippen molar-refractivity contribution in [2.24, 2.45) is 0 Å². The Bertz CT molecular complexity index is 568. The van der Waals surface area contributed by atoms with E-state index in [9.17, 15) is 4.79 Å². The number of anilines is 1. The third-order valence-electron chi connectivity index (χ3n) is 3.38. The standard InChI is InChI=1S/C16H19ClN2OS/c1-3-19(11-15-5-4-10-21-15)12(2)16(20)18-14-8-6-13(17)7-9-14/h4-10,12H,3,11H2,1-2H3,(H,18,20). The normalized spacial score (nSPS) is 12.4. The maximum absolute atomic E-state index is 12.3. The Labute approximate surface area is 134 Å². The van der Waals surface area contributed by atoms with E-state index in [4.69, 9.17) is 11.6 Å². The van der Waals surface area contributed by atoms with Crippen molar-refractivity contribution in [3.63, 3.8) is 0 Å². The van der Waals surface area contributed by atoms with Crippen molar-refractivity contribution in [3.05, 3.63) is 51.7 Å². The highest BCUT2D eigenvalue weighted by molar-refractivity contribution is 7.09. The summed E-state index contributed by atoms with van der Waals surface area (Å²) < 4.78 is 0. The molecule has 5 heteroatoms. The zero-order valence-electron chi connectivity index (χ0n) is 12.2. The molecule has 2 rings (SSSR count). The number of benzene rings is 1. The highest BCUT2D eigenvalue weighted by Crippen LogP contribution is 2.16. The number of nitrogens with zero attached hydrogens (tertiary/aromatic N) is 1. The lowest BCUT2D eigenvalue weighted by Gasteiger charge is -2.26. The molecule has 1 amide bonds. The van der Waals surface area contributed by atoms with E-state index in [1.807, 2.05) is 25.1 Å². The fourth-order valence-corrected chi connectivity index (χ4v) is 2.93. The summed E-state index contributed by atoms with van der Waals surface area (Å²) in [6, 6.07) is 11.1. The molecule has 0 spiro atoms. The van der Waals surface area contributed by atoms with Gasteiger partial charge in [0.1, 0.15) is 0 Å². The van der Waals surface area contributed by atoms with Gasteiger partial charge in [0.25, 0.3) is 0 Å². The third kappa shape index (κ3) is 4.56.